The number of fused-ring (bicyclic) bond motifs is 1. The molecule has 3 aromatic heterocycles. The summed E-state index contributed by atoms with van der Waals surface area (Å²) in [7, 11) is 0. The summed E-state index contributed by atoms with van der Waals surface area (Å²) in [5.41, 5.74) is 2.04. The van der Waals surface area contributed by atoms with Gasteiger partial charge in [0.1, 0.15) is 10.5 Å². The maximum atomic E-state index is 11.9. The second-order valence-corrected chi connectivity index (χ2v) is 7.50. The van der Waals surface area contributed by atoms with Gasteiger partial charge in [0.2, 0.25) is 0 Å². The van der Waals surface area contributed by atoms with Crippen LogP contribution in [0.15, 0.2) is 22.3 Å². The number of H-pyrrole nitrogens is 1. The predicted octanol–water partition coefficient (Wildman–Crippen LogP) is 3.51. The second-order valence-electron chi connectivity index (χ2n) is 5.12. The minimum atomic E-state index is -0.0537. The van der Waals surface area contributed by atoms with E-state index < -0.39 is 0 Å². The van der Waals surface area contributed by atoms with E-state index in [4.69, 9.17) is 0 Å². The number of hydrogen-bond acceptors (Lipinski definition) is 5. The molecule has 3 aromatic rings. The van der Waals surface area contributed by atoms with E-state index in [0.717, 1.165) is 5.52 Å². The number of hydrogen-bond donors (Lipinski definition) is 2. The molecular formula is C15H17N3OS2. The summed E-state index contributed by atoms with van der Waals surface area (Å²) >= 11 is 3.24. The summed E-state index contributed by atoms with van der Waals surface area (Å²) in [4.78, 5) is 21.9. The number of aromatic amines is 1. The fourth-order valence-corrected chi connectivity index (χ4v) is 4.19. The highest BCUT2D eigenvalue weighted by Gasteiger charge is 2.12. The van der Waals surface area contributed by atoms with Crippen molar-refractivity contribution in [2.24, 2.45) is 0 Å². The van der Waals surface area contributed by atoms with Crippen molar-refractivity contribution < 1.29 is 0 Å². The lowest BCUT2D eigenvalue weighted by atomic mass is 10.1. The molecule has 3 rings (SSSR count). The van der Waals surface area contributed by atoms with Crippen molar-refractivity contribution in [3.63, 3.8) is 0 Å². The maximum Gasteiger partial charge on any atom is 0.268 e. The third kappa shape index (κ3) is 2.92. The Morgan fingerprint density at radius 3 is 2.95 bits per heavy atom. The first-order chi connectivity index (χ1) is 10.0. The molecule has 0 spiro atoms. The fourth-order valence-electron chi connectivity index (χ4n) is 2.45. The molecule has 0 aliphatic rings. The molecule has 3 heterocycles. The van der Waals surface area contributed by atoms with Crippen molar-refractivity contribution in [2.45, 2.75) is 33.4 Å². The summed E-state index contributed by atoms with van der Waals surface area (Å²) in [6.07, 6.45) is 0. The number of aryl methyl sites for hydroxylation is 2. The third-order valence-corrected chi connectivity index (χ3v) is 5.37. The van der Waals surface area contributed by atoms with Crippen molar-refractivity contribution >= 4 is 32.9 Å². The molecule has 0 bridgehead atoms. The zero-order chi connectivity index (χ0) is 15.0. The number of nitrogens with one attached hydrogen (secondary N) is 2. The Hall–Kier alpha value is -1.50. The third-order valence-electron chi connectivity index (χ3n) is 3.49. The molecule has 0 amide bonds. The highest BCUT2D eigenvalue weighted by atomic mass is 32.1. The Morgan fingerprint density at radius 1 is 1.43 bits per heavy atom. The van der Waals surface area contributed by atoms with Crippen molar-refractivity contribution in [1.82, 2.24) is 15.3 Å². The van der Waals surface area contributed by atoms with Crippen LogP contribution < -0.4 is 10.9 Å². The Kier molecular flexibility index (Phi) is 3.93. The van der Waals surface area contributed by atoms with Gasteiger partial charge < -0.3 is 10.3 Å². The zero-order valence-electron chi connectivity index (χ0n) is 12.2. The normalized spacial score (nSPS) is 12.9. The van der Waals surface area contributed by atoms with Gasteiger partial charge in [-0.3, -0.25) is 4.79 Å². The van der Waals surface area contributed by atoms with Crippen molar-refractivity contribution in [3.8, 4) is 0 Å². The number of rotatable bonds is 4. The van der Waals surface area contributed by atoms with E-state index in [-0.39, 0.29) is 11.6 Å². The Labute approximate surface area is 130 Å². The molecule has 2 N–H and O–H groups in total. The van der Waals surface area contributed by atoms with Crippen LogP contribution in [0.2, 0.25) is 0 Å². The average Bonchev–Trinajstić information content (AvgIpc) is 3.02. The maximum absolute atomic E-state index is 11.9. The van der Waals surface area contributed by atoms with Crippen LogP contribution in [0.25, 0.3) is 10.2 Å². The summed E-state index contributed by atoms with van der Waals surface area (Å²) in [6, 6.07) is 4.34. The van der Waals surface area contributed by atoms with Crippen molar-refractivity contribution in [2.75, 3.05) is 0 Å². The molecule has 0 aromatic carbocycles. The van der Waals surface area contributed by atoms with Gasteiger partial charge in [-0.25, -0.2) is 4.98 Å². The van der Waals surface area contributed by atoms with E-state index in [1.165, 1.54) is 26.7 Å². The topological polar surface area (TPSA) is 57.8 Å². The van der Waals surface area contributed by atoms with Crippen molar-refractivity contribution in [3.05, 3.63) is 49.0 Å². The Bertz CT molecular complexity index is 831. The van der Waals surface area contributed by atoms with Crippen LogP contribution in [0.4, 0.5) is 0 Å². The van der Waals surface area contributed by atoms with E-state index in [9.17, 15) is 4.79 Å². The quantitative estimate of drug-likeness (QED) is 0.773. The SMILES string of the molecule is Cc1cc(C(C)NCc2nc3ccsc3c(=O)[nH]2)c(C)s1. The van der Waals surface area contributed by atoms with Gasteiger partial charge in [0, 0.05) is 15.8 Å². The summed E-state index contributed by atoms with van der Waals surface area (Å²) in [5.74, 6) is 0.683. The van der Waals surface area contributed by atoms with Crippen LogP contribution in [0.1, 0.15) is 34.1 Å². The highest BCUT2D eigenvalue weighted by Crippen LogP contribution is 2.26. The number of nitrogens with zero attached hydrogens (tertiary/aromatic N) is 1. The number of aromatic nitrogens is 2. The molecule has 0 fully saturated rings. The lowest BCUT2D eigenvalue weighted by molar-refractivity contribution is 0.559. The van der Waals surface area contributed by atoms with Gasteiger partial charge in [0.05, 0.1) is 12.1 Å². The molecule has 4 nitrogen and oxygen atoms in total. The van der Waals surface area contributed by atoms with Crippen LogP contribution in [0.5, 0.6) is 0 Å². The summed E-state index contributed by atoms with van der Waals surface area (Å²) < 4.78 is 0.691. The van der Waals surface area contributed by atoms with Crippen LogP contribution >= 0.6 is 22.7 Å². The molecule has 1 unspecified atom stereocenters. The highest BCUT2D eigenvalue weighted by molar-refractivity contribution is 7.17. The first-order valence-corrected chi connectivity index (χ1v) is 8.51. The van der Waals surface area contributed by atoms with Gasteiger partial charge in [-0.2, -0.15) is 0 Å². The first kappa shape index (κ1) is 14.4. The molecule has 0 saturated carbocycles. The molecule has 1 atom stereocenters. The zero-order valence-corrected chi connectivity index (χ0v) is 13.8. The van der Waals surface area contributed by atoms with Crippen LogP contribution in [-0.4, -0.2) is 9.97 Å². The molecule has 110 valence electrons. The molecule has 0 radical (unpaired) electrons. The minimum Gasteiger partial charge on any atom is -0.308 e. The molecular weight excluding hydrogens is 302 g/mol. The largest absolute Gasteiger partial charge is 0.308 e. The summed E-state index contributed by atoms with van der Waals surface area (Å²) in [6.45, 7) is 6.95. The van der Waals surface area contributed by atoms with Crippen molar-refractivity contribution in [1.29, 1.82) is 0 Å². The predicted molar refractivity (Wildman–Crippen MR) is 89.3 cm³/mol. The first-order valence-electron chi connectivity index (χ1n) is 6.81. The van der Waals surface area contributed by atoms with E-state index in [0.29, 0.717) is 17.1 Å². The van der Waals surface area contributed by atoms with E-state index in [1.54, 1.807) is 0 Å². The second kappa shape index (κ2) is 5.71. The van der Waals surface area contributed by atoms with Gasteiger partial charge in [-0.15, -0.1) is 22.7 Å². The molecule has 0 aliphatic heterocycles. The fraction of sp³-hybridized carbons (Fsp3) is 0.333. The van der Waals surface area contributed by atoms with Crippen LogP contribution in [-0.2, 0) is 6.54 Å². The minimum absolute atomic E-state index is 0.0537. The lowest BCUT2D eigenvalue weighted by Crippen LogP contribution is -2.22. The van der Waals surface area contributed by atoms with E-state index >= 15 is 0 Å². The standard InChI is InChI=1S/C15H17N3OS2/c1-8-6-11(10(3)21-8)9(2)16-7-13-17-12-4-5-20-14(12)15(19)18-13/h4-6,9,16H,7H2,1-3H3,(H,17,18,19). The Morgan fingerprint density at radius 2 is 2.24 bits per heavy atom. The Balaban J connectivity index is 1.77. The summed E-state index contributed by atoms with van der Waals surface area (Å²) in [5, 5.41) is 5.32. The molecule has 0 aliphatic carbocycles. The van der Waals surface area contributed by atoms with E-state index in [1.807, 2.05) is 22.8 Å². The van der Waals surface area contributed by atoms with Gasteiger partial charge in [0.15, 0.2) is 0 Å². The molecule has 6 heteroatoms. The molecule has 0 saturated heterocycles. The van der Waals surface area contributed by atoms with E-state index in [2.05, 4.69) is 42.1 Å². The molecule has 21 heavy (non-hydrogen) atoms. The average molecular weight is 319 g/mol. The van der Waals surface area contributed by atoms with Gasteiger partial charge in [0.25, 0.3) is 5.56 Å². The monoisotopic (exact) mass is 319 g/mol. The number of thiophene rings is 2. The van der Waals surface area contributed by atoms with Crippen LogP contribution in [0, 0.1) is 13.8 Å². The van der Waals surface area contributed by atoms with Crippen LogP contribution in [0.3, 0.4) is 0 Å². The van der Waals surface area contributed by atoms with Gasteiger partial charge in [-0.1, -0.05) is 0 Å². The van der Waals surface area contributed by atoms with Gasteiger partial charge >= 0.3 is 0 Å². The lowest BCUT2D eigenvalue weighted by Gasteiger charge is -2.13. The smallest absolute Gasteiger partial charge is 0.268 e. The van der Waals surface area contributed by atoms with Gasteiger partial charge in [-0.05, 0) is 43.8 Å².